The summed E-state index contributed by atoms with van der Waals surface area (Å²) in [5.41, 5.74) is 3.21. The number of rotatable bonds is 5. The molecule has 2 aliphatic rings. The van der Waals surface area contributed by atoms with Gasteiger partial charge in [0.25, 0.3) is 0 Å². The van der Waals surface area contributed by atoms with Crippen LogP contribution in [0.3, 0.4) is 0 Å². The molecule has 0 amide bonds. The summed E-state index contributed by atoms with van der Waals surface area (Å²) >= 11 is 0. The second kappa shape index (κ2) is 6.12. The van der Waals surface area contributed by atoms with Crippen molar-refractivity contribution in [2.45, 2.75) is 32.2 Å². The Morgan fingerprint density at radius 3 is 3.00 bits per heavy atom. The summed E-state index contributed by atoms with van der Waals surface area (Å²) in [6, 6.07) is 1.87. The molecule has 0 unspecified atom stereocenters. The number of aromatic amines is 1. The highest BCUT2D eigenvalue weighted by Gasteiger charge is 2.39. The minimum atomic E-state index is -3.20. The minimum absolute atomic E-state index is 0.0527. The molecule has 4 N–H and O–H groups in total. The number of nitrogens with one attached hydrogen (secondary N) is 3. The van der Waals surface area contributed by atoms with Gasteiger partial charge in [-0.2, -0.15) is 5.10 Å². The number of hydrazone groups is 1. The third-order valence-electron chi connectivity index (χ3n) is 4.82. The molecule has 0 atom stereocenters. The van der Waals surface area contributed by atoms with Crippen molar-refractivity contribution in [3.8, 4) is 0 Å². The molecule has 2 aromatic rings. The number of fused-ring (bicyclic) bond motifs is 3. The molecule has 25 heavy (non-hydrogen) atoms. The first kappa shape index (κ1) is 16.6. The average Bonchev–Trinajstić information content (AvgIpc) is 3.00. The predicted molar refractivity (Wildman–Crippen MR) is 97.1 cm³/mol. The highest BCUT2D eigenvalue weighted by molar-refractivity contribution is 7.89. The summed E-state index contributed by atoms with van der Waals surface area (Å²) in [5.74, 6) is 0.301. The number of nitrogens with zero attached hydrogens (tertiary/aromatic N) is 2. The van der Waals surface area contributed by atoms with Gasteiger partial charge in [-0.3, -0.25) is 0 Å². The smallest absolute Gasteiger partial charge is 0.428 e. The first-order chi connectivity index (χ1) is 12.0. The van der Waals surface area contributed by atoms with Gasteiger partial charge in [0.1, 0.15) is 5.65 Å². The van der Waals surface area contributed by atoms with Crippen LogP contribution in [-0.4, -0.2) is 48.0 Å². The monoisotopic (exact) mass is 361 g/mol. The van der Waals surface area contributed by atoms with E-state index >= 15 is 0 Å². The highest BCUT2D eigenvalue weighted by atomic mass is 32.2. The minimum Gasteiger partial charge on any atom is -0.428 e. The normalized spacial score (nSPS) is 23.0. The molecule has 1 fully saturated rings. The van der Waals surface area contributed by atoms with Gasteiger partial charge in [0.2, 0.25) is 10.0 Å². The van der Waals surface area contributed by atoms with E-state index in [1.165, 1.54) is 0 Å². The summed E-state index contributed by atoms with van der Waals surface area (Å²) < 4.78 is 26.6. The zero-order chi connectivity index (χ0) is 17.6. The van der Waals surface area contributed by atoms with Crippen molar-refractivity contribution in [2.24, 2.45) is 11.0 Å². The predicted octanol–water partition coefficient (Wildman–Crippen LogP) is -0.334. The largest absolute Gasteiger partial charge is 0.465 e. The summed E-state index contributed by atoms with van der Waals surface area (Å²) in [6.45, 7) is 1.85. The van der Waals surface area contributed by atoms with Gasteiger partial charge in [-0.25, -0.2) is 18.1 Å². The fourth-order valence-electron chi connectivity index (χ4n) is 3.59. The van der Waals surface area contributed by atoms with Crippen LogP contribution in [0.1, 0.15) is 31.7 Å². The number of aromatic nitrogens is 2. The number of hydrogen-bond donors (Lipinski definition) is 4. The lowest BCUT2D eigenvalue weighted by Gasteiger charge is -2.38. The molecule has 8 nitrogen and oxygen atoms in total. The van der Waals surface area contributed by atoms with E-state index in [0.29, 0.717) is 24.7 Å². The summed E-state index contributed by atoms with van der Waals surface area (Å²) in [4.78, 5) is 7.40. The van der Waals surface area contributed by atoms with Crippen LogP contribution in [0.5, 0.6) is 0 Å². The Morgan fingerprint density at radius 2 is 2.24 bits per heavy atom. The lowest BCUT2D eigenvalue weighted by Crippen LogP contribution is -2.54. The molecule has 4 rings (SSSR count). The lowest BCUT2D eigenvalue weighted by molar-refractivity contribution is 0.319. The second-order valence-electron chi connectivity index (χ2n) is 6.66. The van der Waals surface area contributed by atoms with Crippen LogP contribution in [0.25, 0.3) is 11.0 Å². The van der Waals surface area contributed by atoms with E-state index in [-0.39, 0.29) is 17.7 Å². The molecule has 0 spiro atoms. The van der Waals surface area contributed by atoms with Crippen LogP contribution in [0, 0.1) is 5.92 Å². The molecule has 0 saturated heterocycles. The van der Waals surface area contributed by atoms with Crippen molar-refractivity contribution >= 4 is 39.3 Å². The topological polar surface area (TPSA) is 119 Å². The molecule has 3 heterocycles. The number of hydrogen-bond acceptors (Lipinski definition) is 6. The van der Waals surface area contributed by atoms with Crippen LogP contribution >= 0.6 is 0 Å². The molecule has 1 saturated carbocycles. The van der Waals surface area contributed by atoms with Crippen molar-refractivity contribution in [1.29, 1.82) is 0 Å². The summed E-state index contributed by atoms with van der Waals surface area (Å²) in [7, 11) is -4.09. The van der Waals surface area contributed by atoms with Crippen molar-refractivity contribution in [3.05, 3.63) is 24.0 Å². The van der Waals surface area contributed by atoms with Crippen LogP contribution in [0.2, 0.25) is 0 Å². The number of pyridine rings is 1. The summed E-state index contributed by atoms with van der Waals surface area (Å²) in [6.07, 6.45) is 5.47. The van der Waals surface area contributed by atoms with Crippen molar-refractivity contribution in [2.75, 3.05) is 5.75 Å². The number of sulfonamides is 1. The molecule has 132 valence electrons. The lowest BCUT2D eigenvalue weighted by atomic mass is 9.66. The highest BCUT2D eigenvalue weighted by Crippen LogP contribution is 2.33. The molecular formula is C15H20BN5O3S. The van der Waals surface area contributed by atoms with Gasteiger partial charge in [0, 0.05) is 40.8 Å². The number of H-pyrrole nitrogens is 1. The van der Waals surface area contributed by atoms with Crippen LogP contribution in [0.4, 0.5) is 0 Å². The van der Waals surface area contributed by atoms with E-state index in [0.717, 1.165) is 22.3 Å². The third kappa shape index (κ3) is 2.94. The zero-order valence-corrected chi connectivity index (χ0v) is 14.7. The standard InChI is InChI=1S/C15H20BN5O3S/c1-2-5-25(23,24)20-10-6-9(7-10)14-13-11-3-4-17-15(11)18-8-12(13)16(22)21-19-14/h3-4,8-10,20-22H,2,5-7H2,1H3,(H,17,18). The average molecular weight is 361 g/mol. The van der Waals surface area contributed by atoms with Crippen LogP contribution in [-0.2, 0) is 10.0 Å². The molecule has 10 heteroatoms. The Kier molecular flexibility index (Phi) is 4.05. The van der Waals surface area contributed by atoms with Gasteiger partial charge in [0.05, 0.1) is 11.5 Å². The van der Waals surface area contributed by atoms with Crippen molar-refractivity contribution < 1.29 is 13.4 Å². The molecule has 1 aliphatic heterocycles. The van der Waals surface area contributed by atoms with E-state index in [4.69, 9.17) is 0 Å². The van der Waals surface area contributed by atoms with E-state index in [1.807, 2.05) is 19.2 Å². The quantitative estimate of drug-likeness (QED) is 0.544. The van der Waals surface area contributed by atoms with E-state index < -0.39 is 17.1 Å². The van der Waals surface area contributed by atoms with E-state index in [9.17, 15) is 13.4 Å². The van der Waals surface area contributed by atoms with Gasteiger partial charge in [-0.1, -0.05) is 6.92 Å². The Labute approximate surface area is 146 Å². The molecular weight excluding hydrogens is 341 g/mol. The Morgan fingerprint density at radius 1 is 1.44 bits per heavy atom. The Hall–Kier alpha value is -1.91. The van der Waals surface area contributed by atoms with Gasteiger partial charge < -0.3 is 15.3 Å². The maximum absolute atomic E-state index is 11.9. The fourth-order valence-corrected chi connectivity index (χ4v) is 4.94. The van der Waals surface area contributed by atoms with Crippen LogP contribution in [0.15, 0.2) is 23.6 Å². The maximum Gasteiger partial charge on any atom is 0.465 e. The molecule has 0 bridgehead atoms. The van der Waals surface area contributed by atoms with E-state index in [2.05, 4.69) is 25.1 Å². The molecule has 0 radical (unpaired) electrons. The van der Waals surface area contributed by atoms with E-state index in [1.54, 1.807) is 6.20 Å². The van der Waals surface area contributed by atoms with Crippen molar-refractivity contribution in [3.63, 3.8) is 0 Å². The summed E-state index contributed by atoms with van der Waals surface area (Å²) in [5, 5.41) is 18.2. The zero-order valence-electron chi connectivity index (χ0n) is 13.9. The molecule has 0 aromatic carbocycles. The molecule has 2 aromatic heterocycles. The first-order valence-electron chi connectivity index (χ1n) is 8.46. The Bertz CT molecular complexity index is 936. The molecule has 1 aliphatic carbocycles. The first-order valence-corrected chi connectivity index (χ1v) is 10.1. The van der Waals surface area contributed by atoms with Crippen molar-refractivity contribution in [1.82, 2.24) is 20.0 Å². The van der Waals surface area contributed by atoms with Gasteiger partial charge >= 0.3 is 7.05 Å². The maximum atomic E-state index is 11.9. The fraction of sp³-hybridized carbons (Fsp3) is 0.467. The SMILES string of the molecule is CCCS(=O)(=O)NC1CC(C2=NNB(O)c3cnc4[nH]ccc4c32)C1. The van der Waals surface area contributed by atoms with Crippen LogP contribution < -0.4 is 15.5 Å². The van der Waals surface area contributed by atoms with Gasteiger partial charge in [0.15, 0.2) is 0 Å². The Balaban J connectivity index is 1.57. The second-order valence-corrected chi connectivity index (χ2v) is 8.53. The van der Waals surface area contributed by atoms with Gasteiger partial charge in [-0.05, 0) is 25.3 Å². The van der Waals surface area contributed by atoms with Gasteiger partial charge in [-0.15, -0.1) is 0 Å². The third-order valence-corrected chi connectivity index (χ3v) is 6.46.